The monoisotopic (exact) mass is 373 g/mol. The van der Waals surface area contributed by atoms with Crippen molar-refractivity contribution in [1.29, 1.82) is 0 Å². The van der Waals surface area contributed by atoms with Gasteiger partial charge in [-0.15, -0.1) is 4.68 Å². The molecule has 0 spiro atoms. The van der Waals surface area contributed by atoms with E-state index < -0.39 is 0 Å². The Balaban J connectivity index is 1.67. The molecule has 0 radical (unpaired) electrons. The highest BCUT2D eigenvalue weighted by Gasteiger charge is 2.25. The van der Waals surface area contributed by atoms with Gasteiger partial charge in [-0.3, -0.25) is 4.40 Å². The van der Waals surface area contributed by atoms with Crippen LogP contribution in [0.4, 0.5) is 0 Å². The summed E-state index contributed by atoms with van der Waals surface area (Å²) in [4.78, 5) is 21.3. The number of ether oxygens (including phenoxy) is 1. The van der Waals surface area contributed by atoms with Crippen LogP contribution in [-0.2, 0) is 0 Å². The lowest BCUT2D eigenvalue weighted by molar-refractivity contribution is 0.301. The predicted molar refractivity (Wildman–Crippen MR) is 105 cm³/mol. The fourth-order valence-corrected chi connectivity index (χ4v) is 3.45. The topological polar surface area (TPSA) is 74.3 Å². The predicted octanol–water partition coefficient (Wildman–Crippen LogP) is 3.10. The molecule has 7 nitrogen and oxygen atoms in total. The van der Waals surface area contributed by atoms with Crippen LogP contribution >= 0.6 is 0 Å². The van der Waals surface area contributed by atoms with Crippen molar-refractivity contribution in [3.05, 3.63) is 70.7 Å². The molecule has 0 aliphatic heterocycles. The van der Waals surface area contributed by atoms with E-state index >= 15 is 0 Å². The van der Waals surface area contributed by atoms with Crippen LogP contribution in [0.2, 0.25) is 0 Å². The molecule has 3 aromatic heterocycles. The molecular formula is C21H19N5O2. The smallest absolute Gasteiger partial charge is 0.356 e. The van der Waals surface area contributed by atoms with Gasteiger partial charge < -0.3 is 4.74 Å². The molecule has 1 fully saturated rings. The summed E-state index contributed by atoms with van der Waals surface area (Å²) in [5.74, 6) is 1.16. The summed E-state index contributed by atoms with van der Waals surface area (Å²) in [5.41, 5.74) is 4.41. The van der Waals surface area contributed by atoms with E-state index in [2.05, 4.69) is 28.1 Å². The maximum atomic E-state index is 13.1. The van der Waals surface area contributed by atoms with Gasteiger partial charge in [0.2, 0.25) is 0 Å². The summed E-state index contributed by atoms with van der Waals surface area (Å²) in [5, 5.41) is 4.25. The zero-order valence-electron chi connectivity index (χ0n) is 15.7. The van der Waals surface area contributed by atoms with Gasteiger partial charge in [0.15, 0.2) is 0 Å². The summed E-state index contributed by atoms with van der Waals surface area (Å²) in [6.07, 6.45) is 7.41. The molecule has 28 heavy (non-hydrogen) atoms. The lowest BCUT2D eigenvalue weighted by atomic mass is 10.0. The van der Waals surface area contributed by atoms with Crippen LogP contribution in [0.25, 0.3) is 22.6 Å². The van der Waals surface area contributed by atoms with E-state index in [4.69, 9.17) is 4.74 Å². The standard InChI is InChI=1S/C21H19N5O2/c1-13-17(5-3-6-19(13)28-16-7-8-16)18-11-15-12-24-26(20-22-9-4-10-23-20)21(27)25(15)14(18)2/h3-6,9-12,16H,7-8H2,1-2H3. The van der Waals surface area contributed by atoms with Gasteiger partial charge in [-0.25, -0.2) is 14.8 Å². The Morgan fingerprint density at radius 3 is 2.61 bits per heavy atom. The molecule has 7 heteroatoms. The molecule has 1 aromatic carbocycles. The van der Waals surface area contributed by atoms with Crippen LogP contribution in [0.3, 0.4) is 0 Å². The fourth-order valence-electron chi connectivity index (χ4n) is 3.45. The Kier molecular flexibility index (Phi) is 3.75. The molecule has 3 heterocycles. The minimum absolute atomic E-state index is 0.250. The Labute approximate surface area is 161 Å². The first-order chi connectivity index (χ1) is 13.6. The van der Waals surface area contributed by atoms with E-state index in [1.54, 1.807) is 29.1 Å². The highest BCUT2D eigenvalue weighted by Crippen LogP contribution is 2.36. The molecule has 1 aliphatic rings. The number of aromatic nitrogens is 5. The second-order valence-corrected chi connectivity index (χ2v) is 7.04. The van der Waals surface area contributed by atoms with Crippen molar-refractivity contribution >= 4 is 5.52 Å². The summed E-state index contributed by atoms with van der Waals surface area (Å²) in [7, 11) is 0. The summed E-state index contributed by atoms with van der Waals surface area (Å²) < 4.78 is 8.89. The van der Waals surface area contributed by atoms with E-state index in [-0.39, 0.29) is 11.6 Å². The summed E-state index contributed by atoms with van der Waals surface area (Å²) in [6, 6.07) is 9.75. The van der Waals surface area contributed by atoms with E-state index in [1.165, 1.54) is 4.68 Å². The number of nitrogens with zero attached hydrogens (tertiary/aromatic N) is 5. The number of benzene rings is 1. The van der Waals surface area contributed by atoms with Crippen molar-refractivity contribution in [1.82, 2.24) is 24.1 Å². The third kappa shape index (κ3) is 2.67. The SMILES string of the molecule is Cc1c(OC2CC2)cccc1-c1cc2cnn(-c3ncccn3)c(=O)n2c1C. The number of rotatable bonds is 4. The highest BCUT2D eigenvalue weighted by molar-refractivity contribution is 5.77. The quantitative estimate of drug-likeness (QED) is 0.549. The van der Waals surface area contributed by atoms with Gasteiger partial charge in [-0.2, -0.15) is 5.10 Å². The van der Waals surface area contributed by atoms with E-state index in [0.29, 0.717) is 6.10 Å². The minimum atomic E-state index is -0.296. The first kappa shape index (κ1) is 16.7. The Morgan fingerprint density at radius 2 is 1.86 bits per heavy atom. The van der Waals surface area contributed by atoms with Gasteiger partial charge in [-0.05, 0) is 56.0 Å². The van der Waals surface area contributed by atoms with Crippen LogP contribution in [0.5, 0.6) is 5.75 Å². The fraction of sp³-hybridized carbons (Fsp3) is 0.238. The molecule has 1 saturated carbocycles. The first-order valence-corrected chi connectivity index (χ1v) is 9.28. The van der Waals surface area contributed by atoms with E-state index in [9.17, 15) is 4.79 Å². The Hall–Kier alpha value is -3.48. The number of fused-ring (bicyclic) bond motifs is 1. The maximum absolute atomic E-state index is 13.1. The van der Waals surface area contributed by atoms with Crippen molar-refractivity contribution in [2.24, 2.45) is 0 Å². The zero-order valence-corrected chi connectivity index (χ0v) is 15.7. The molecule has 0 saturated heterocycles. The van der Waals surface area contributed by atoms with Crippen molar-refractivity contribution in [2.45, 2.75) is 32.8 Å². The van der Waals surface area contributed by atoms with Crippen LogP contribution in [0.15, 0.2) is 53.7 Å². The molecule has 0 atom stereocenters. The molecule has 4 aromatic rings. The second-order valence-electron chi connectivity index (χ2n) is 7.04. The van der Waals surface area contributed by atoms with Gasteiger partial charge in [0, 0.05) is 23.7 Å². The van der Waals surface area contributed by atoms with Gasteiger partial charge in [0.05, 0.1) is 17.8 Å². The van der Waals surface area contributed by atoms with E-state index in [1.807, 2.05) is 25.1 Å². The van der Waals surface area contributed by atoms with Crippen LogP contribution < -0.4 is 10.4 Å². The van der Waals surface area contributed by atoms with Gasteiger partial charge >= 0.3 is 5.69 Å². The molecule has 1 aliphatic carbocycles. The van der Waals surface area contributed by atoms with E-state index in [0.717, 1.165) is 46.5 Å². The van der Waals surface area contributed by atoms with Gasteiger partial charge in [0.25, 0.3) is 5.95 Å². The molecule has 140 valence electrons. The summed E-state index contributed by atoms with van der Waals surface area (Å²) in [6.45, 7) is 4.00. The number of hydrogen-bond acceptors (Lipinski definition) is 5. The normalized spacial score (nSPS) is 13.8. The minimum Gasteiger partial charge on any atom is -0.490 e. The third-order valence-corrected chi connectivity index (χ3v) is 5.09. The molecule has 0 N–H and O–H groups in total. The van der Waals surface area contributed by atoms with Crippen molar-refractivity contribution < 1.29 is 4.74 Å². The average Bonchev–Trinajstić information content (AvgIpc) is 3.46. The number of aryl methyl sites for hydroxylation is 1. The van der Waals surface area contributed by atoms with Crippen LogP contribution in [-0.4, -0.2) is 30.3 Å². The van der Waals surface area contributed by atoms with Crippen molar-refractivity contribution in [2.75, 3.05) is 0 Å². The van der Waals surface area contributed by atoms with Crippen molar-refractivity contribution in [3.8, 4) is 22.8 Å². The maximum Gasteiger partial charge on any atom is 0.356 e. The second kappa shape index (κ2) is 6.30. The number of hydrogen-bond donors (Lipinski definition) is 0. The zero-order chi connectivity index (χ0) is 19.3. The third-order valence-electron chi connectivity index (χ3n) is 5.09. The Morgan fingerprint density at radius 1 is 1.07 bits per heavy atom. The molecule has 0 bridgehead atoms. The van der Waals surface area contributed by atoms with Crippen LogP contribution in [0.1, 0.15) is 24.1 Å². The molecule has 0 amide bonds. The lowest BCUT2D eigenvalue weighted by Gasteiger charge is -2.12. The molecule has 0 unspecified atom stereocenters. The molecular weight excluding hydrogens is 354 g/mol. The van der Waals surface area contributed by atoms with Gasteiger partial charge in [-0.1, -0.05) is 12.1 Å². The van der Waals surface area contributed by atoms with Crippen molar-refractivity contribution in [3.63, 3.8) is 0 Å². The first-order valence-electron chi connectivity index (χ1n) is 9.28. The largest absolute Gasteiger partial charge is 0.490 e. The lowest BCUT2D eigenvalue weighted by Crippen LogP contribution is -2.29. The summed E-state index contributed by atoms with van der Waals surface area (Å²) >= 11 is 0. The molecule has 5 rings (SSSR count). The Bertz CT molecular complexity index is 1240. The average molecular weight is 373 g/mol. The highest BCUT2D eigenvalue weighted by atomic mass is 16.5. The van der Waals surface area contributed by atoms with Gasteiger partial charge in [0.1, 0.15) is 5.75 Å². The van der Waals surface area contributed by atoms with Crippen LogP contribution in [0, 0.1) is 13.8 Å².